The molecule has 17 heavy (non-hydrogen) atoms. The van der Waals surface area contributed by atoms with Gasteiger partial charge in [-0.25, -0.2) is 0 Å². The first-order chi connectivity index (χ1) is 7.79. The van der Waals surface area contributed by atoms with Gasteiger partial charge in [-0.15, -0.1) is 11.6 Å². The van der Waals surface area contributed by atoms with Crippen molar-refractivity contribution in [1.82, 2.24) is 4.90 Å². The number of carbonyl (C=O) groups is 1. The molecule has 1 amide bonds. The lowest BCUT2D eigenvalue weighted by Crippen LogP contribution is -2.46. The molecule has 0 fully saturated rings. The number of carbonyl (C=O) groups excluding carboxylic acids is 1. The van der Waals surface area contributed by atoms with Crippen LogP contribution in [0.5, 0.6) is 0 Å². The second kappa shape index (κ2) is 5.72. The minimum Gasteiger partial charge on any atom is -0.335 e. The highest BCUT2D eigenvalue weighted by atomic mass is 79.9. The largest absolute Gasteiger partial charge is 0.335 e. The van der Waals surface area contributed by atoms with Crippen molar-refractivity contribution in [3.63, 3.8) is 0 Å². The maximum atomic E-state index is 12.3. The van der Waals surface area contributed by atoms with Crippen LogP contribution < -0.4 is 0 Å². The summed E-state index contributed by atoms with van der Waals surface area (Å²) in [6.07, 6.45) is 0. The number of halogens is 3. The summed E-state index contributed by atoms with van der Waals surface area (Å²) in [6.45, 7) is 3.87. The van der Waals surface area contributed by atoms with Crippen molar-refractivity contribution in [2.45, 2.75) is 19.4 Å². The average Bonchev–Trinajstić information content (AvgIpc) is 2.30. The molecule has 0 aliphatic rings. The molecule has 1 aromatic carbocycles. The van der Waals surface area contributed by atoms with Gasteiger partial charge < -0.3 is 4.90 Å². The summed E-state index contributed by atoms with van der Waals surface area (Å²) in [6, 6.07) is 5.53. The molecule has 0 radical (unpaired) electrons. The Kier molecular flexibility index (Phi) is 5.05. The van der Waals surface area contributed by atoms with Crippen LogP contribution in [-0.2, 0) is 0 Å². The number of rotatable bonds is 3. The summed E-state index contributed by atoms with van der Waals surface area (Å²) in [5.41, 5.74) is 0.250. The number of benzene rings is 1. The smallest absolute Gasteiger partial charge is 0.255 e. The predicted octanol–water partition coefficient (Wildman–Crippen LogP) is 4.30. The second-order valence-corrected chi connectivity index (χ2v) is 6.47. The highest BCUT2D eigenvalue weighted by molar-refractivity contribution is 9.11. The molecular weight excluding hydrogens is 369 g/mol. The van der Waals surface area contributed by atoms with Gasteiger partial charge in [-0.05, 0) is 48.0 Å². The fraction of sp³-hybridized carbons (Fsp3) is 0.417. The van der Waals surface area contributed by atoms with Gasteiger partial charge in [0.1, 0.15) is 0 Å². The first-order valence-electron chi connectivity index (χ1n) is 5.09. The van der Waals surface area contributed by atoms with E-state index in [-0.39, 0.29) is 11.4 Å². The summed E-state index contributed by atoms with van der Waals surface area (Å²) in [4.78, 5) is 14.0. The second-order valence-electron chi connectivity index (χ2n) is 4.43. The molecule has 0 aliphatic heterocycles. The molecule has 0 N–H and O–H groups in total. The van der Waals surface area contributed by atoms with Gasteiger partial charge in [-0.3, -0.25) is 4.79 Å². The van der Waals surface area contributed by atoms with Crippen LogP contribution in [0.4, 0.5) is 0 Å². The fourth-order valence-corrected chi connectivity index (χ4v) is 2.16. The molecule has 2 nitrogen and oxygen atoms in total. The summed E-state index contributed by atoms with van der Waals surface area (Å²) in [7, 11) is 1.76. The Labute approximate surface area is 124 Å². The lowest BCUT2D eigenvalue weighted by molar-refractivity contribution is 0.0659. The molecule has 0 saturated heterocycles. The van der Waals surface area contributed by atoms with E-state index in [0.29, 0.717) is 11.4 Å². The Morgan fingerprint density at radius 3 is 2.53 bits per heavy atom. The van der Waals surface area contributed by atoms with Crippen molar-refractivity contribution < 1.29 is 4.79 Å². The fourth-order valence-electron chi connectivity index (χ4n) is 1.21. The molecule has 0 atom stereocenters. The van der Waals surface area contributed by atoms with E-state index in [1.54, 1.807) is 18.0 Å². The van der Waals surface area contributed by atoms with Gasteiger partial charge in [0, 0.05) is 21.9 Å². The molecular formula is C12H14Br2ClNO. The zero-order valence-electron chi connectivity index (χ0n) is 9.93. The summed E-state index contributed by atoms with van der Waals surface area (Å²) < 4.78 is 1.66. The minimum absolute atomic E-state index is 0.0520. The SMILES string of the molecule is CN(C(=O)c1cc(Br)ccc1Br)C(C)(C)CCl. The van der Waals surface area contributed by atoms with E-state index in [9.17, 15) is 4.79 Å². The minimum atomic E-state index is -0.375. The molecule has 0 bridgehead atoms. The first kappa shape index (κ1) is 15.0. The van der Waals surface area contributed by atoms with E-state index < -0.39 is 0 Å². The molecule has 0 saturated carbocycles. The number of alkyl halides is 1. The highest BCUT2D eigenvalue weighted by Gasteiger charge is 2.28. The van der Waals surface area contributed by atoms with Gasteiger partial charge in [0.15, 0.2) is 0 Å². The van der Waals surface area contributed by atoms with Gasteiger partial charge in [0.05, 0.1) is 11.1 Å². The van der Waals surface area contributed by atoms with E-state index in [2.05, 4.69) is 31.9 Å². The average molecular weight is 384 g/mol. The van der Waals surface area contributed by atoms with Crippen LogP contribution in [0.15, 0.2) is 27.1 Å². The van der Waals surface area contributed by atoms with Gasteiger partial charge >= 0.3 is 0 Å². The third-order valence-electron chi connectivity index (χ3n) is 2.70. The topological polar surface area (TPSA) is 20.3 Å². The molecule has 1 aromatic rings. The molecule has 1 rings (SSSR count). The van der Waals surface area contributed by atoms with Gasteiger partial charge in [-0.1, -0.05) is 15.9 Å². The molecule has 0 aliphatic carbocycles. The standard InChI is InChI=1S/C12H14Br2ClNO/c1-12(2,7-15)16(3)11(17)9-6-8(13)4-5-10(9)14/h4-6H,7H2,1-3H3. The number of hydrogen-bond donors (Lipinski definition) is 0. The first-order valence-corrected chi connectivity index (χ1v) is 7.21. The van der Waals surface area contributed by atoms with Crippen LogP contribution in [0.25, 0.3) is 0 Å². The predicted molar refractivity (Wildman–Crippen MR) is 78.7 cm³/mol. The highest BCUT2D eigenvalue weighted by Crippen LogP contribution is 2.25. The van der Waals surface area contributed by atoms with Crippen molar-refractivity contribution >= 4 is 49.4 Å². The summed E-state index contributed by atoms with van der Waals surface area (Å²) >= 11 is 12.6. The van der Waals surface area contributed by atoms with Crippen LogP contribution in [0.3, 0.4) is 0 Å². The van der Waals surface area contributed by atoms with E-state index in [0.717, 1.165) is 8.95 Å². The molecule has 0 unspecified atom stereocenters. The molecule has 0 heterocycles. The van der Waals surface area contributed by atoms with Crippen LogP contribution in [0.2, 0.25) is 0 Å². The number of nitrogens with zero attached hydrogens (tertiary/aromatic N) is 1. The molecule has 94 valence electrons. The Hall–Kier alpha value is -0.0600. The van der Waals surface area contributed by atoms with Crippen molar-refractivity contribution in [2.75, 3.05) is 12.9 Å². The Balaban J connectivity index is 3.08. The van der Waals surface area contributed by atoms with E-state index in [1.165, 1.54) is 0 Å². The molecule has 0 aromatic heterocycles. The van der Waals surface area contributed by atoms with Crippen molar-refractivity contribution in [3.8, 4) is 0 Å². The Morgan fingerprint density at radius 2 is 2.00 bits per heavy atom. The third kappa shape index (κ3) is 3.46. The maximum Gasteiger partial charge on any atom is 0.255 e. The van der Waals surface area contributed by atoms with Gasteiger partial charge in [0.2, 0.25) is 0 Å². The van der Waals surface area contributed by atoms with Crippen LogP contribution in [-0.4, -0.2) is 29.3 Å². The Bertz CT molecular complexity index is 435. The zero-order valence-corrected chi connectivity index (χ0v) is 13.9. The normalized spacial score (nSPS) is 11.4. The lowest BCUT2D eigenvalue weighted by atomic mass is 10.0. The molecule has 0 spiro atoms. The zero-order chi connectivity index (χ0) is 13.2. The van der Waals surface area contributed by atoms with Crippen LogP contribution >= 0.6 is 43.5 Å². The van der Waals surface area contributed by atoms with Gasteiger partial charge in [-0.2, -0.15) is 0 Å². The maximum absolute atomic E-state index is 12.3. The number of amides is 1. The van der Waals surface area contributed by atoms with E-state index in [1.807, 2.05) is 26.0 Å². The van der Waals surface area contributed by atoms with Crippen molar-refractivity contribution in [3.05, 3.63) is 32.7 Å². The van der Waals surface area contributed by atoms with Crippen LogP contribution in [0.1, 0.15) is 24.2 Å². The van der Waals surface area contributed by atoms with Crippen molar-refractivity contribution in [2.24, 2.45) is 0 Å². The molecule has 5 heteroatoms. The van der Waals surface area contributed by atoms with Crippen LogP contribution in [0, 0.1) is 0 Å². The van der Waals surface area contributed by atoms with E-state index >= 15 is 0 Å². The third-order valence-corrected chi connectivity index (χ3v) is 4.54. The monoisotopic (exact) mass is 381 g/mol. The van der Waals surface area contributed by atoms with Crippen molar-refractivity contribution in [1.29, 1.82) is 0 Å². The quantitative estimate of drug-likeness (QED) is 0.713. The Morgan fingerprint density at radius 1 is 1.41 bits per heavy atom. The lowest BCUT2D eigenvalue weighted by Gasteiger charge is -2.34. The van der Waals surface area contributed by atoms with E-state index in [4.69, 9.17) is 11.6 Å². The van der Waals surface area contributed by atoms with Gasteiger partial charge in [0.25, 0.3) is 5.91 Å². The number of hydrogen-bond acceptors (Lipinski definition) is 1. The summed E-state index contributed by atoms with van der Waals surface area (Å²) in [5.74, 6) is 0.338. The summed E-state index contributed by atoms with van der Waals surface area (Å²) in [5, 5.41) is 0.